The van der Waals surface area contributed by atoms with Gasteiger partial charge in [0, 0.05) is 13.1 Å². The second kappa shape index (κ2) is 5.71. The third-order valence-corrected chi connectivity index (χ3v) is 3.33. The lowest BCUT2D eigenvalue weighted by Gasteiger charge is -2.16. The fourth-order valence-electron chi connectivity index (χ4n) is 2.14. The van der Waals surface area contributed by atoms with Crippen LogP contribution in [0.2, 0.25) is 0 Å². The summed E-state index contributed by atoms with van der Waals surface area (Å²) in [7, 11) is 0. The van der Waals surface area contributed by atoms with Crippen molar-refractivity contribution in [2.24, 2.45) is 5.92 Å². The molecule has 1 aliphatic rings. The highest BCUT2D eigenvalue weighted by molar-refractivity contribution is 5.67. The first kappa shape index (κ1) is 12.0. The average molecular weight is 233 g/mol. The number of nitrogens with zero attached hydrogens (tertiary/aromatic N) is 1. The summed E-state index contributed by atoms with van der Waals surface area (Å²) in [6.45, 7) is 4.23. The van der Waals surface area contributed by atoms with Gasteiger partial charge in [0.2, 0.25) is 0 Å². The molecule has 0 radical (unpaired) electrons. The number of hydrogen-bond donors (Lipinski definition) is 0. The number of carbonyl (C=O) groups excluding carboxylic acids is 1. The van der Waals surface area contributed by atoms with Crippen molar-refractivity contribution >= 4 is 6.09 Å². The number of rotatable bonds is 3. The van der Waals surface area contributed by atoms with Crippen LogP contribution in [0.4, 0.5) is 4.79 Å². The van der Waals surface area contributed by atoms with Crippen molar-refractivity contribution in [3.05, 3.63) is 35.9 Å². The van der Waals surface area contributed by atoms with Gasteiger partial charge in [-0.25, -0.2) is 4.79 Å². The van der Waals surface area contributed by atoms with Gasteiger partial charge in [0.15, 0.2) is 0 Å². The molecule has 0 unspecified atom stereocenters. The molecule has 0 aliphatic carbocycles. The Morgan fingerprint density at radius 3 is 2.82 bits per heavy atom. The predicted octanol–water partition coefficient (Wildman–Crippen LogP) is 3.06. The van der Waals surface area contributed by atoms with Crippen molar-refractivity contribution in [1.82, 2.24) is 4.90 Å². The molecule has 17 heavy (non-hydrogen) atoms. The van der Waals surface area contributed by atoms with Crippen LogP contribution in [0, 0.1) is 5.92 Å². The minimum absolute atomic E-state index is 0.176. The Balaban J connectivity index is 1.78. The van der Waals surface area contributed by atoms with E-state index in [9.17, 15) is 4.79 Å². The highest BCUT2D eigenvalue weighted by Crippen LogP contribution is 2.19. The Hall–Kier alpha value is -1.51. The van der Waals surface area contributed by atoms with E-state index in [2.05, 4.69) is 6.92 Å². The zero-order valence-electron chi connectivity index (χ0n) is 10.3. The van der Waals surface area contributed by atoms with Gasteiger partial charge in [0.1, 0.15) is 6.61 Å². The van der Waals surface area contributed by atoms with Crippen molar-refractivity contribution in [1.29, 1.82) is 0 Å². The molecule has 1 aliphatic heterocycles. The van der Waals surface area contributed by atoms with Crippen LogP contribution < -0.4 is 0 Å². The van der Waals surface area contributed by atoms with E-state index in [4.69, 9.17) is 4.74 Å². The van der Waals surface area contributed by atoms with Crippen LogP contribution in [0.15, 0.2) is 30.3 Å². The van der Waals surface area contributed by atoms with E-state index in [1.54, 1.807) is 0 Å². The lowest BCUT2D eigenvalue weighted by molar-refractivity contribution is 0.103. The molecule has 1 fully saturated rings. The molecule has 0 bridgehead atoms. The third-order valence-electron chi connectivity index (χ3n) is 3.33. The Bertz CT molecular complexity index is 364. The normalized spacial score (nSPS) is 19.4. The molecule has 0 aromatic heterocycles. The van der Waals surface area contributed by atoms with Crippen LogP contribution >= 0.6 is 0 Å². The average Bonchev–Trinajstić information content (AvgIpc) is 2.86. The van der Waals surface area contributed by atoms with Crippen LogP contribution in [0.3, 0.4) is 0 Å². The van der Waals surface area contributed by atoms with E-state index in [1.165, 1.54) is 0 Å². The summed E-state index contributed by atoms with van der Waals surface area (Å²) in [5.41, 5.74) is 1.03. The Morgan fingerprint density at radius 2 is 2.18 bits per heavy atom. The SMILES string of the molecule is CC[C@@H]1CCN(C(=O)OCc2ccccc2)C1. The molecular formula is C14H19NO2. The highest BCUT2D eigenvalue weighted by Gasteiger charge is 2.25. The van der Waals surface area contributed by atoms with Crippen LogP contribution in [0.25, 0.3) is 0 Å². The molecule has 2 rings (SSSR count). The molecule has 1 aromatic rings. The molecule has 1 saturated heterocycles. The summed E-state index contributed by atoms with van der Waals surface area (Å²) in [6.07, 6.45) is 2.07. The van der Waals surface area contributed by atoms with E-state index in [0.29, 0.717) is 12.5 Å². The second-order valence-corrected chi connectivity index (χ2v) is 4.55. The Kier molecular flexibility index (Phi) is 4.02. The van der Waals surface area contributed by atoms with E-state index < -0.39 is 0 Å². The molecule has 1 heterocycles. The van der Waals surface area contributed by atoms with E-state index in [-0.39, 0.29) is 6.09 Å². The second-order valence-electron chi connectivity index (χ2n) is 4.55. The van der Waals surface area contributed by atoms with Gasteiger partial charge in [-0.1, -0.05) is 43.7 Å². The summed E-state index contributed by atoms with van der Waals surface area (Å²) in [4.78, 5) is 13.6. The molecule has 0 N–H and O–H groups in total. The van der Waals surface area contributed by atoms with E-state index in [0.717, 1.165) is 31.5 Å². The minimum atomic E-state index is -0.176. The minimum Gasteiger partial charge on any atom is -0.445 e. The number of likely N-dealkylation sites (tertiary alicyclic amines) is 1. The number of amides is 1. The van der Waals surface area contributed by atoms with Crippen LogP contribution in [0.1, 0.15) is 25.3 Å². The first-order valence-corrected chi connectivity index (χ1v) is 6.25. The summed E-state index contributed by atoms with van der Waals surface area (Å²) in [5, 5.41) is 0. The number of ether oxygens (including phenoxy) is 1. The van der Waals surface area contributed by atoms with Crippen molar-refractivity contribution in [3.8, 4) is 0 Å². The molecule has 3 heteroatoms. The van der Waals surface area contributed by atoms with Gasteiger partial charge < -0.3 is 9.64 Å². The van der Waals surface area contributed by atoms with Crippen molar-refractivity contribution in [2.75, 3.05) is 13.1 Å². The lowest BCUT2D eigenvalue weighted by atomic mass is 10.1. The molecule has 92 valence electrons. The zero-order chi connectivity index (χ0) is 12.1. The molecule has 1 aromatic carbocycles. The van der Waals surface area contributed by atoms with Gasteiger partial charge in [-0.05, 0) is 17.9 Å². The standard InChI is InChI=1S/C14H19NO2/c1-2-12-8-9-15(10-12)14(16)17-11-13-6-4-3-5-7-13/h3-7,12H,2,8-11H2,1H3/t12-/m1/s1. The first-order chi connectivity index (χ1) is 8.29. The predicted molar refractivity (Wildman–Crippen MR) is 66.6 cm³/mol. The van der Waals surface area contributed by atoms with Crippen molar-refractivity contribution < 1.29 is 9.53 Å². The van der Waals surface area contributed by atoms with Gasteiger partial charge in [0.05, 0.1) is 0 Å². The molecule has 1 atom stereocenters. The zero-order valence-corrected chi connectivity index (χ0v) is 10.3. The first-order valence-electron chi connectivity index (χ1n) is 6.25. The smallest absolute Gasteiger partial charge is 0.410 e. The molecular weight excluding hydrogens is 214 g/mol. The van der Waals surface area contributed by atoms with Crippen LogP contribution in [0.5, 0.6) is 0 Å². The van der Waals surface area contributed by atoms with Gasteiger partial charge in [-0.15, -0.1) is 0 Å². The summed E-state index contributed by atoms with van der Waals surface area (Å²) >= 11 is 0. The maximum absolute atomic E-state index is 11.8. The van der Waals surface area contributed by atoms with Crippen molar-refractivity contribution in [3.63, 3.8) is 0 Å². The lowest BCUT2D eigenvalue weighted by Crippen LogP contribution is -2.29. The fraction of sp³-hybridized carbons (Fsp3) is 0.500. The maximum atomic E-state index is 11.8. The molecule has 1 amide bonds. The maximum Gasteiger partial charge on any atom is 0.410 e. The van der Waals surface area contributed by atoms with Crippen molar-refractivity contribution in [2.45, 2.75) is 26.4 Å². The number of carbonyl (C=O) groups is 1. The van der Waals surface area contributed by atoms with Gasteiger partial charge in [0.25, 0.3) is 0 Å². The number of hydrogen-bond acceptors (Lipinski definition) is 2. The molecule has 0 saturated carbocycles. The summed E-state index contributed by atoms with van der Waals surface area (Å²) < 4.78 is 5.29. The van der Waals surface area contributed by atoms with Gasteiger partial charge >= 0.3 is 6.09 Å². The fourth-order valence-corrected chi connectivity index (χ4v) is 2.14. The van der Waals surface area contributed by atoms with E-state index >= 15 is 0 Å². The Labute approximate surface area is 102 Å². The number of benzene rings is 1. The monoisotopic (exact) mass is 233 g/mol. The molecule has 0 spiro atoms. The summed E-state index contributed by atoms with van der Waals surface area (Å²) in [6, 6.07) is 9.79. The van der Waals surface area contributed by atoms with Gasteiger partial charge in [-0.3, -0.25) is 0 Å². The van der Waals surface area contributed by atoms with Crippen LogP contribution in [-0.4, -0.2) is 24.1 Å². The van der Waals surface area contributed by atoms with Gasteiger partial charge in [-0.2, -0.15) is 0 Å². The topological polar surface area (TPSA) is 29.5 Å². The summed E-state index contributed by atoms with van der Waals surface area (Å²) in [5.74, 6) is 0.652. The van der Waals surface area contributed by atoms with E-state index in [1.807, 2.05) is 35.2 Å². The third kappa shape index (κ3) is 3.22. The largest absolute Gasteiger partial charge is 0.445 e. The quantitative estimate of drug-likeness (QED) is 0.803. The molecule has 3 nitrogen and oxygen atoms in total. The Morgan fingerprint density at radius 1 is 1.41 bits per heavy atom. The van der Waals surface area contributed by atoms with Crippen LogP contribution in [-0.2, 0) is 11.3 Å². The highest BCUT2D eigenvalue weighted by atomic mass is 16.6.